The molecule has 0 saturated heterocycles. The van der Waals surface area contributed by atoms with Crippen molar-refractivity contribution in [3.05, 3.63) is 91.7 Å². The van der Waals surface area contributed by atoms with E-state index < -0.39 is 6.10 Å². The molecule has 0 aliphatic heterocycles. The Balaban J connectivity index is -0.000000414. The van der Waals surface area contributed by atoms with E-state index in [1.165, 1.54) is 0 Å². The molecule has 0 spiro atoms. The van der Waals surface area contributed by atoms with Crippen LogP contribution >= 0.6 is 0 Å². The molecule has 0 fully saturated rings. The zero-order valence-corrected chi connectivity index (χ0v) is 12.2. The molecule has 2 aromatic rings. The SMILES string of the molecule is OC(c1ccccc1)c1ccccc1.[C-]#[O+].[C-]#[O+].[C-]#[O+].[Cr]. The Kier molecular flexibility index (Phi) is 20.9. The minimum absolute atomic E-state index is 0. The van der Waals surface area contributed by atoms with Crippen LogP contribution in [0.15, 0.2) is 60.7 Å². The molecule has 2 aromatic carbocycles. The topological polar surface area (TPSA) is 79.9 Å². The fraction of sp³-hybridized carbons (Fsp3) is 0.0625. The second-order valence-electron chi connectivity index (χ2n) is 3.22. The molecule has 0 aliphatic carbocycles. The fourth-order valence-electron chi connectivity index (χ4n) is 1.46. The molecule has 0 radical (unpaired) electrons. The maximum atomic E-state index is 9.99. The molecule has 0 aliphatic rings. The predicted octanol–water partition coefficient (Wildman–Crippen LogP) is 2.65. The first kappa shape index (κ1) is 24.2. The summed E-state index contributed by atoms with van der Waals surface area (Å²) in [7, 11) is 0. The molecular formula is C16H12CrO4. The van der Waals surface area contributed by atoms with E-state index in [1.54, 1.807) is 0 Å². The Morgan fingerprint density at radius 3 is 1.10 bits per heavy atom. The number of hydrogen-bond acceptors (Lipinski definition) is 1. The van der Waals surface area contributed by atoms with Crippen LogP contribution in [0.3, 0.4) is 0 Å². The summed E-state index contributed by atoms with van der Waals surface area (Å²) in [6.07, 6.45) is -0.516. The van der Waals surface area contributed by atoms with Gasteiger partial charge in [-0.15, -0.1) is 0 Å². The van der Waals surface area contributed by atoms with Gasteiger partial charge in [-0.3, -0.25) is 0 Å². The Morgan fingerprint density at radius 1 is 0.619 bits per heavy atom. The van der Waals surface area contributed by atoms with Crippen molar-refractivity contribution in [2.75, 3.05) is 0 Å². The van der Waals surface area contributed by atoms with E-state index in [0.717, 1.165) is 11.1 Å². The Bertz CT molecular complexity index is 452. The molecule has 4 nitrogen and oxygen atoms in total. The van der Waals surface area contributed by atoms with Crippen molar-refractivity contribution in [2.45, 2.75) is 6.10 Å². The molecule has 106 valence electrons. The Morgan fingerprint density at radius 2 is 0.857 bits per heavy atom. The summed E-state index contributed by atoms with van der Waals surface area (Å²) in [5.41, 5.74) is 1.86. The molecule has 0 atom stereocenters. The van der Waals surface area contributed by atoms with Crippen LogP contribution in [0.25, 0.3) is 0 Å². The molecular weight excluding hydrogens is 308 g/mol. The van der Waals surface area contributed by atoms with Crippen LogP contribution in [0, 0.1) is 20.0 Å². The summed E-state index contributed by atoms with van der Waals surface area (Å²) >= 11 is 0. The third-order valence-corrected chi connectivity index (χ3v) is 2.23. The van der Waals surface area contributed by atoms with Gasteiger partial charge in [-0.2, -0.15) is 0 Å². The first-order chi connectivity index (χ1) is 9.88. The first-order valence-electron chi connectivity index (χ1n) is 5.27. The van der Waals surface area contributed by atoms with E-state index in [1.807, 2.05) is 60.7 Å². The van der Waals surface area contributed by atoms with Gasteiger partial charge in [0.15, 0.2) is 0 Å². The van der Waals surface area contributed by atoms with Gasteiger partial charge in [0.2, 0.25) is 0 Å². The molecule has 0 bridgehead atoms. The number of aliphatic hydroxyl groups excluding tert-OH is 1. The fourth-order valence-corrected chi connectivity index (χ4v) is 1.46. The standard InChI is InChI=1S/C13H12O.3CO.Cr/c14-13(11-7-3-1-4-8-11)12-9-5-2-6-10-12;3*1-2;/h1-10,13-14H;;;;. The van der Waals surface area contributed by atoms with Crippen LogP contribution < -0.4 is 0 Å². The maximum Gasteiger partial charge on any atom is 0 e. The van der Waals surface area contributed by atoms with Crippen molar-refractivity contribution >= 4 is 0 Å². The number of rotatable bonds is 2. The van der Waals surface area contributed by atoms with Gasteiger partial charge in [-0.1, -0.05) is 60.7 Å². The van der Waals surface area contributed by atoms with Crippen molar-refractivity contribution in [2.24, 2.45) is 0 Å². The van der Waals surface area contributed by atoms with Crippen LogP contribution in [0.5, 0.6) is 0 Å². The third kappa shape index (κ3) is 9.65. The van der Waals surface area contributed by atoms with Crippen molar-refractivity contribution in [1.29, 1.82) is 0 Å². The molecule has 0 amide bonds. The third-order valence-electron chi connectivity index (χ3n) is 2.23. The van der Waals surface area contributed by atoms with Crippen LogP contribution in [-0.2, 0) is 31.3 Å². The quantitative estimate of drug-likeness (QED) is 0.670. The van der Waals surface area contributed by atoms with E-state index in [0.29, 0.717) is 0 Å². The van der Waals surface area contributed by atoms with Crippen LogP contribution in [0.1, 0.15) is 17.2 Å². The zero-order valence-electron chi connectivity index (χ0n) is 10.9. The number of hydrogen-bond donors (Lipinski definition) is 1. The maximum absolute atomic E-state index is 9.99. The van der Waals surface area contributed by atoms with Crippen molar-refractivity contribution in [3.8, 4) is 0 Å². The average Bonchev–Trinajstić information content (AvgIpc) is 2.61. The van der Waals surface area contributed by atoms with Gasteiger partial charge >= 0.3 is 33.9 Å². The van der Waals surface area contributed by atoms with E-state index in [9.17, 15) is 5.11 Å². The molecule has 0 heterocycles. The van der Waals surface area contributed by atoms with Crippen molar-refractivity contribution < 1.29 is 36.4 Å². The molecule has 5 heteroatoms. The summed E-state index contributed by atoms with van der Waals surface area (Å²) < 4.78 is 22.5. The monoisotopic (exact) mass is 320 g/mol. The van der Waals surface area contributed by atoms with Crippen molar-refractivity contribution in [1.82, 2.24) is 0 Å². The molecule has 0 unspecified atom stereocenters. The molecule has 0 saturated carbocycles. The largest absolute Gasteiger partial charge is 0 e. The Hall–Kier alpha value is -1.85. The van der Waals surface area contributed by atoms with E-state index in [-0.39, 0.29) is 17.4 Å². The average molecular weight is 320 g/mol. The number of aliphatic hydroxyl groups is 1. The number of benzene rings is 2. The normalized spacial score (nSPS) is 7.24. The molecule has 21 heavy (non-hydrogen) atoms. The molecule has 1 N–H and O–H groups in total. The van der Waals surface area contributed by atoms with Gasteiger partial charge in [-0.05, 0) is 11.1 Å². The molecule has 0 aromatic heterocycles. The van der Waals surface area contributed by atoms with E-state index in [4.69, 9.17) is 14.0 Å². The van der Waals surface area contributed by atoms with Crippen LogP contribution in [0.2, 0.25) is 0 Å². The van der Waals surface area contributed by atoms with Crippen molar-refractivity contribution in [3.63, 3.8) is 0 Å². The van der Waals surface area contributed by atoms with Gasteiger partial charge in [0, 0.05) is 17.4 Å². The summed E-state index contributed by atoms with van der Waals surface area (Å²) in [4.78, 5) is 0. The second-order valence-corrected chi connectivity index (χ2v) is 3.22. The summed E-state index contributed by atoms with van der Waals surface area (Å²) in [5, 5.41) is 9.99. The molecule has 2 rings (SSSR count). The minimum Gasteiger partial charge on any atom is 0 e. The van der Waals surface area contributed by atoms with Gasteiger partial charge in [0.1, 0.15) is 6.10 Å². The smallest absolute Gasteiger partial charge is 0 e. The predicted molar refractivity (Wildman–Crippen MR) is 68.7 cm³/mol. The van der Waals surface area contributed by atoms with E-state index >= 15 is 0 Å². The minimum atomic E-state index is -0.516. The zero-order chi connectivity index (χ0) is 15.8. The first-order valence-corrected chi connectivity index (χ1v) is 5.27. The summed E-state index contributed by atoms with van der Waals surface area (Å²) in [6, 6.07) is 19.3. The van der Waals surface area contributed by atoms with E-state index in [2.05, 4.69) is 20.0 Å². The van der Waals surface area contributed by atoms with Crippen LogP contribution in [0.4, 0.5) is 0 Å². The van der Waals surface area contributed by atoms with Gasteiger partial charge in [-0.25, -0.2) is 0 Å². The Labute approximate surface area is 134 Å². The van der Waals surface area contributed by atoms with Crippen LogP contribution in [-0.4, -0.2) is 5.11 Å². The van der Waals surface area contributed by atoms with Gasteiger partial charge < -0.3 is 5.11 Å². The summed E-state index contributed by atoms with van der Waals surface area (Å²) in [6.45, 7) is 13.5. The second kappa shape index (κ2) is 18.2. The van der Waals surface area contributed by atoms with Gasteiger partial charge in [0.25, 0.3) is 0 Å². The summed E-state index contributed by atoms with van der Waals surface area (Å²) in [5.74, 6) is 0. The van der Waals surface area contributed by atoms with Gasteiger partial charge in [0.05, 0.1) is 0 Å².